The van der Waals surface area contributed by atoms with Crippen molar-refractivity contribution < 1.29 is 9.47 Å². The number of hydrogen-bond donors (Lipinski definition) is 1. The summed E-state index contributed by atoms with van der Waals surface area (Å²) in [5.74, 6) is 1.47. The van der Waals surface area contributed by atoms with Crippen molar-refractivity contribution in [2.24, 2.45) is 25.9 Å². The maximum atomic E-state index is 12.1. The third-order valence-electron chi connectivity index (χ3n) is 5.58. The topological polar surface area (TPSA) is 87.9 Å². The fraction of sp³-hybridized carbons (Fsp3) is 0.185. The average Bonchev–Trinajstić information content (AvgIpc) is 2.90. The standard InChI is InChI=1S/C27H27FN6OS/c1-19-5-3-6-20(2)25(19)34-15-4-16-36-27(34)33-32-17-21-7-9-22(10-8-21)26(29)31-18-30-23-11-13-24(35-28)14-12-23/h3,5-14,17-18H,4,15-16H2,1-2H3,(H2,29,30,31)/b32-17+,33-27-. The van der Waals surface area contributed by atoms with Crippen LogP contribution in [0.15, 0.2) is 86.9 Å². The van der Waals surface area contributed by atoms with E-state index < -0.39 is 0 Å². The molecule has 0 atom stereocenters. The number of para-hydroxylation sites is 1. The Kier molecular flexibility index (Phi) is 8.46. The molecule has 0 unspecified atom stereocenters. The molecular formula is C27H27FN6OS. The first-order valence-electron chi connectivity index (χ1n) is 11.5. The number of nitrogens with two attached hydrogens (primary N) is 1. The maximum Gasteiger partial charge on any atom is 0.190 e. The van der Waals surface area contributed by atoms with Crippen LogP contribution < -0.4 is 15.6 Å². The van der Waals surface area contributed by atoms with Gasteiger partial charge >= 0.3 is 0 Å². The second kappa shape index (κ2) is 12.1. The Morgan fingerprint density at radius 3 is 2.44 bits per heavy atom. The fourth-order valence-electron chi connectivity index (χ4n) is 3.78. The lowest BCUT2D eigenvalue weighted by molar-refractivity contribution is -0.00618. The van der Waals surface area contributed by atoms with Crippen LogP contribution >= 0.6 is 11.8 Å². The maximum absolute atomic E-state index is 12.1. The van der Waals surface area contributed by atoms with Gasteiger partial charge in [-0.15, -0.1) is 5.10 Å². The molecule has 0 spiro atoms. The number of anilines is 1. The van der Waals surface area contributed by atoms with Crippen LogP contribution in [-0.2, 0) is 0 Å². The first-order valence-corrected chi connectivity index (χ1v) is 12.5. The van der Waals surface area contributed by atoms with E-state index in [-0.39, 0.29) is 5.75 Å². The molecule has 1 aliphatic rings. The fourth-order valence-corrected chi connectivity index (χ4v) is 4.68. The number of nitrogens with zero attached hydrogens (tertiary/aromatic N) is 5. The van der Waals surface area contributed by atoms with Crippen molar-refractivity contribution in [3.63, 3.8) is 0 Å². The van der Waals surface area contributed by atoms with E-state index in [1.807, 2.05) is 24.3 Å². The molecular weight excluding hydrogens is 475 g/mol. The van der Waals surface area contributed by atoms with Crippen molar-refractivity contribution in [3.8, 4) is 5.75 Å². The van der Waals surface area contributed by atoms with Crippen LogP contribution in [0.1, 0.15) is 28.7 Å². The van der Waals surface area contributed by atoms with Crippen LogP contribution in [0.2, 0.25) is 0 Å². The summed E-state index contributed by atoms with van der Waals surface area (Å²) in [7, 11) is 0. The third-order valence-corrected chi connectivity index (χ3v) is 6.64. The molecule has 3 aromatic rings. The minimum Gasteiger partial charge on any atom is -0.383 e. The summed E-state index contributed by atoms with van der Waals surface area (Å²) in [5.41, 5.74) is 12.0. The zero-order valence-electron chi connectivity index (χ0n) is 20.1. The molecule has 0 amide bonds. The molecule has 3 aromatic carbocycles. The number of thioether (sulfide) groups is 1. The lowest BCUT2D eigenvalue weighted by atomic mass is 10.1. The largest absolute Gasteiger partial charge is 0.383 e. The number of amidine groups is 2. The molecule has 0 saturated carbocycles. The first-order chi connectivity index (χ1) is 17.5. The molecule has 0 aliphatic carbocycles. The molecule has 2 N–H and O–H groups in total. The summed E-state index contributed by atoms with van der Waals surface area (Å²) in [6.07, 6.45) is 4.20. The summed E-state index contributed by atoms with van der Waals surface area (Å²) in [5, 5.41) is 9.80. The minimum atomic E-state index is 0.114. The van der Waals surface area contributed by atoms with Crippen LogP contribution in [0.3, 0.4) is 0 Å². The van der Waals surface area contributed by atoms with Crippen LogP contribution in [-0.4, -0.2) is 35.9 Å². The highest BCUT2D eigenvalue weighted by molar-refractivity contribution is 8.14. The van der Waals surface area contributed by atoms with Gasteiger partial charge in [0, 0.05) is 28.1 Å². The van der Waals surface area contributed by atoms with Gasteiger partial charge in [0.15, 0.2) is 10.9 Å². The number of halogens is 1. The van der Waals surface area contributed by atoms with Crippen LogP contribution in [0.5, 0.6) is 5.75 Å². The van der Waals surface area contributed by atoms with Gasteiger partial charge in [-0.2, -0.15) is 5.10 Å². The van der Waals surface area contributed by atoms with Gasteiger partial charge in [-0.3, -0.25) is 4.94 Å². The van der Waals surface area contributed by atoms with E-state index >= 15 is 0 Å². The molecule has 1 heterocycles. The highest BCUT2D eigenvalue weighted by atomic mass is 32.2. The van der Waals surface area contributed by atoms with Crippen molar-refractivity contribution in [1.82, 2.24) is 0 Å². The van der Waals surface area contributed by atoms with E-state index in [1.54, 1.807) is 30.1 Å². The van der Waals surface area contributed by atoms with Crippen molar-refractivity contribution in [1.29, 1.82) is 0 Å². The molecule has 1 aliphatic heterocycles. The number of aryl methyl sites for hydroxylation is 2. The van der Waals surface area contributed by atoms with E-state index in [0.717, 1.165) is 35.0 Å². The second-order valence-corrected chi connectivity index (χ2v) is 9.24. The molecule has 9 heteroatoms. The molecule has 1 fully saturated rings. The molecule has 184 valence electrons. The summed E-state index contributed by atoms with van der Waals surface area (Å²) < 4.78 is 12.1. The van der Waals surface area contributed by atoms with Crippen molar-refractivity contribution in [2.45, 2.75) is 20.3 Å². The van der Waals surface area contributed by atoms with Crippen LogP contribution in [0.4, 0.5) is 15.9 Å². The van der Waals surface area contributed by atoms with Crippen LogP contribution in [0, 0.1) is 13.8 Å². The highest BCUT2D eigenvalue weighted by Gasteiger charge is 2.21. The predicted molar refractivity (Wildman–Crippen MR) is 149 cm³/mol. The van der Waals surface area contributed by atoms with Gasteiger partial charge < -0.3 is 10.6 Å². The number of hydrogen-bond acceptors (Lipinski definition) is 5. The summed E-state index contributed by atoms with van der Waals surface area (Å²) in [4.78, 5) is 14.3. The van der Waals surface area contributed by atoms with E-state index in [0.29, 0.717) is 11.5 Å². The Morgan fingerprint density at radius 2 is 1.75 bits per heavy atom. The Labute approximate surface area is 214 Å². The van der Waals surface area contributed by atoms with Crippen molar-refractivity contribution in [3.05, 3.63) is 89.0 Å². The van der Waals surface area contributed by atoms with E-state index in [1.165, 1.54) is 35.3 Å². The quantitative estimate of drug-likeness (QED) is 0.245. The number of aliphatic imine (C=N–C) groups is 2. The third kappa shape index (κ3) is 6.37. The van der Waals surface area contributed by atoms with E-state index in [2.05, 4.69) is 62.1 Å². The number of benzene rings is 3. The first kappa shape index (κ1) is 25.1. The summed E-state index contributed by atoms with van der Waals surface area (Å²) in [6.45, 7) is 5.19. The van der Waals surface area contributed by atoms with Crippen molar-refractivity contribution >= 4 is 46.7 Å². The van der Waals surface area contributed by atoms with Gasteiger partial charge in [0.2, 0.25) is 0 Å². The van der Waals surface area contributed by atoms with Gasteiger partial charge in [-0.25, -0.2) is 9.98 Å². The van der Waals surface area contributed by atoms with Gasteiger partial charge in [-0.1, -0.05) is 54.2 Å². The second-order valence-electron chi connectivity index (χ2n) is 8.17. The Hall–Kier alpha value is -3.98. The normalized spacial score (nSPS) is 15.8. The van der Waals surface area contributed by atoms with Gasteiger partial charge in [0.1, 0.15) is 12.2 Å². The minimum absolute atomic E-state index is 0.114. The predicted octanol–water partition coefficient (Wildman–Crippen LogP) is 5.97. The summed E-state index contributed by atoms with van der Waals surface area (Å²) >= 11 is 1.73. The zero-order chi connectivity index (χ0) is 25.3. The average molecular weight is 503 g/mol. The molecule has 36 heavy (non-hydrogen) atoms. The summed E-state index contributed by atoms with van der Waals surface area (Å²) in [6, 6.07) is 20.1. The van der Waals surface area contributed by atoms with E-state index in [4.69, 9.17) is 5.73 Å². The SMILES string of the molecule is Cc1cccc(C)c1N1CCCS/C1=N\N=C\c1ccc(C(N)=NC=Nc2ccc(OF)cc2)cc1. The molecule has 0 radical (unpaired) electrons. The van der Waals surface area contributed by atoms with Gasteiger partial charge in [-0.05, 0) is 61.2 Å². The smallest absolute Gasteiger partial charge is 0.190 e. The van der Waals surface area contributed by atoms with Crippen molar-refractivity contribution in [2.75, 3.05) is 17.2 Å². The molecule has 0 aromatic heterocycles. The molecule has 7 nitrogen and oxygen atoms in total. The molecule has 4 rings (SSSR count). The lowest BCUT2D eigenvalue weighted by Crippen LogP contribution is -2.35. The Morgan fingerprint density at radius 1 is 1.03 bits per heavy atom. The van der Waals surface area contributed by atoms with Gasteiger partial charge in [0.25, 0.3) is 0 Å². The Balaban J connectivity index is 1.42. The van der Waals surface area contributed by atoms with Crippen LogP contribution in [0.25, 0.3) is 0 Å². The van der Waals surface area contributed by atoms with Gasteiger partial charge in [0.05, 0.1) is 11.9 Å². The number of rotatable bonds is 7. The molecule has 1 saturated heterocycles. The zero-order valence-corrected chi connectivity index (χ0v) is 21.0. The monoisotopic (exact) mass is 502 g/mol. The van der Waals surface area contributed by atoms with E-state index in [9.17, 15) is 4.53 Å². The lowest BCUT2D eigenvalue weighted by Gasteiger charge is -2.31. The Bertz CT molecular complexity index is 1280. The highest BCUT2D eigenvalue weighted by Crippen LogP contribution is 2.30. The molecule has 0 bridgehead atoms.